The maximum absolute atomic E-state index is 14.4. The van der Waals surface area contributed by atoms with E-state index >= 15 is 0 Å². The Hall–Kier alpha value is -7.50. The van der Waals surface area contributed by atoms with Gasteiger partial charge < -0.3 is 29.9 Å². The van der Waals surface area contributed by atoms with E-state index in [1.54, 1.807) is 49.4 Å². The molecule has 5 aromatic rings. The molecule has 18 heteroatoms. The maximum atomic E-state index is 14.4. The molecule has 0 aliphatic heterocycles. The summed E-state index contributed by atoms with van der Waals surface area (Å²) in [5.41, 5.74) is -2.27. The Morgan fingerprint density at radius 2 is 1.15 bits per heavy atom. The number of nitrogens with zero attached hydrogens (tertiary/aromatic N) is 4. The van der Waals surface area contributed by atoms with Gasteiger partial charge in [-0.2, -0.15) is 0 Å². The van der Waals surface area contributed by atoms with Gasteiger partial charge in [-0.15, -0.1) is 0 Å². The number of nitrogens with one attached hydrogen (secondary N) is 2. The summed E-state index contributed by atoms with van der Waals surface area (Å²) >= 11 is 0. The predicted octanol–water partition coefficient (Wildman–Crippen LogP) is 4.55. The molecule has 0 saturated heterocycles. The number of hydrogen-bond donors (Lipinski definition) is 2. The van der Waals surface area contributed by atoms with Crippen LogP contribution < -0.4 is 31.4 Å². The number of likely N-dealkylation sites (N-methyl/N-ethyl adjacent to an activating group) is 2. The zero-order chi connectivity index (χ0) is 47.2. The molecule has 1 aliphatic carbocycles. The number of benzene rings is 4. The number of methoxy groups -OCH3 is 2. The van der Waals surface area contributed by atoms with Crippen molar-refractivity contribution in [2.45, 2.75) is 56.9 Å². The number of aromatic nitrogens is 2. The maximum Gasteiger partial charge on any atom is 0.273 e. The van der Waals surface area contributed by atoms with E-state index in [-0.39, 0.29) is 28.3 Å². The van der Waals surface area contributed by atoms with Crippen molar-refractivity contribution in [2.75, 3.05) is 33.2 Å². The Balaban J connectivity index is 1.32. The van der Waals surface area contributed by atoms with Crippen LogP contribution in [0.5, 0.6) is 5.75 Å². The van der Waals surface area contributed by atoms with Crippen LogP contribution in [0.4, 0.5) is 23.2 Å². The molecule has 0 radical (unpaired) electrons. The smallest absolute Gasteiger partial charge is 0.273 e. The average Bonchev–Trinajstić information content (AvgIpc) is 3.27. The second-order valence-electron chi connectivity index (χ2n) is 15.7. The summed E-state index contributed by atoms with van der Waals surface area (Å²) in [7, 11) is 5.86. The Kier molecular flexibility index (Phi) is 14.4. The fourth-order valence-corrected chi connectivity index (χ4v) is 7.51. The van der Waals surface area contributed by atoms with Crippen molar-refractivity contribution in [3.8, 4) is 5.75 Å². The molecule has 0 saturated carbocycles. The molecule has 14 nitrogen and oxygen atoms in total. The fraction of sp³-hybridized carbons (Fsp3) is 0.277. The second-order valence-corrected chi connectivity index (χ2v) is 15.7. The summed E-state index contributed by atoms with van der Waals surface area (Å²) < 4.78 is 69.2. The lowest BCUT2D eigenvalue weighted by molar-refractivity contribution is -0.138. The van der Waals surface area contributed by atoms with Gasteiger partial charge in [0.25, 0.3) is 11.1 Å². The van der Waals surface area contributed by atoms with Gasteiger partial charge in [0, 0.05) is 44.8 Å². The molecular formula is C47H46F4N6O8. The van der Waals surface area contributed by atoms with Crippen LogP contribution in [-0.2, 0) is 49.8 Å². The number of hydrogen-bond acceptors (Lipinski definition) is 8. The van der Waals surface area contributed by atoms with E-state index in [4.69, 9.17) is 9.47 Å². The van der Waals surface area contributed by atoms with Crippen molar-refractivity contribution in [1.82, 2.24) is 24.9 Å². The summed E-state index contributed by atoms with van der Waals surface area (Å²) in [6.45, 7) is -0.108. The summed E-state index contributed by atoms with van der Waals surface area (Å²) in [4.78, 5) is 87.1. The molecular weight excluding hydrogens is 853 g/mol. The number of rotatable bonds is 16. The van der Waals surface area contributed by atoms with Gasteiger partial charge in [-0.05, 0) is 97.3 Å². The molecule has 4 aromatic carbocycles. The lowest BCUT2D eigenvalue weighted by Crippen LogP contribution is -2.56. The number of fused-ring (bicyclic) bond motifs is 1. The van der Waals surface area contributed by atoms with Crippen LogP contribution >= 0.6 is 0 Å². The molecule has 3 atom stereocenters. The molecule has 0 bridgehead atoms. The number of allylic oxidation sites excluding steroid dienone is 1. The predicted molar refractivity (Wildman–Crippen MR) is 233 cm³/mol. The third-order valence-corrected chi connectivity index (χ3v) is 11.2. The minimum Gasteiger partial charge on any atom is -0.497 e. The van der Waals surface area contributed by atoms with Crippen LogP contribution in [0.1, 0.15) is 24.5 Å². The zero-order valence-electron chi connectivity index (χ0n) is 36.1. The largest absolute Gasteiger partial charge is 0.497 e. The molecule has 1 aliphatic rings. The van der Waals surface area contributed by atoms with Crippen LogP contribution in [0, 0.1) is 23.3 Å². The number of halogens is 4. The Morgan fingerprint density at radius 1 is 0.692 bits per heavy atom. The lowest BCUT2D eigenvalue weighted by Gasteiger charge is -2.39. The first-order valence-electron chi connectivity index (χ1n) is 20.2. The number of carbonyl (C=O) groups excluding carboxylic acids is 4. The van der Waals surface area contributed by atoms with Gasteiger partial charge in [-0.1, -0.05) is 18.2 Å². The molecule has 340 valence electrons. The molecule has 0 spiro atoms. The van der Waals surface area contributed by atoms with Gasteiger partial charge in [-0.25, -0.2) is 26.9 Å². The van der Waals surface area contributed by atoms with E-state index in [0.29, 0.717) is 45.1 Å². The van der Waals surface area contributed by atoms with E-state index in [2.05, 4.69) is 10.6 Å². The van der Waals surface area contributed by atoms with Gasteiger partial charge in [0.05, 0.1) is 30.5 Å². The van der Waals surface area contributed by atoms with Crippen LogP contribution in [0.15, 0.2) is 119 Å². The normalized spacial score (nSPS) is 15.4. The monoisotopic (exact) mass is 898 g/mol. The molecule has 0 fully saturated rings. The van der Waals surface area contributed by atoms with Crippen LogP contribution in [0.3, 0.4) is 0 Å². The SMILES string of the molecule is COC1=CCC(C)(N(C)C(=O)[C@H](Cc2cc(F)cc(F)c2)NC(=O)Cn2c(=O)c3ccccc3c(=O)n2CC(=O)N[C@@H](Cc2cc(F)cc(F)c2)C(=O)N(C)c2ccc(OC)cc2)C=C1. The highest BCUT2D eigenvalue weighted by Crippen LogP contribution is 2.28. The van der Waals surface area contributed by atoms with Crippen LogP contribution in [0.25, 0.3) is 10.8 Å². The number of anilines is 1. The third-order valence-electron chi connectivity index (χ3n) is 11.2. The Morgan fingerprint density at radius 3 is 1.57 bits per heavy atom. The third kappa shape index (κ3) is 11.0. The van der Waals surface area contributed by atoms with Crippen molar-refractivity contribution >= 4 is 40.1 Å². The topological polar surface area (TPSA) is 161 Å². The van der Waals surface area contributed by atoms with E-state index < -0.39 is 95.1 Å². The summed E-state index contributed by atoms with van der Waals surface area (Å²) in [6.07, 6.45) is 4.69. The van der Waals surface area contributed by atoms with E-state index in [9.17, 15) is 46.3 Å². The minimum atomic E-state index is -1.48. The van der Waals surface area contributed by atoms with Gasteiger partial charge in [0.2, 0.25) is 23.6 Å². The van der Waals surface area contributed by atoms with Gasteiger partial charge in [-0.3, -0.25) is 28.8 Å². The van der Waals surface area contributed by atoms with Crippen LogP contribution in [-0.4, -0.2) is 83.8 Å². The fourth-order valence-electron chi connectivity index (χ4n) is 7.51. The first kappa shape index (κ1) is 47.0. The van der Waals surface area contributed by atoms with Gasteiger partial charge >= 0.3 is 0 Å². The van der Waals surface area contributed by atoms with Gasteiger partial charge in [0.1, 0.15) is 60.0 Å². The highest BCUT2D eigenvalue weighted by molar-refractivity contribution is 5.99. The van der Waals surface area contributed by atoms with Crippen molar-refractivity contribution < 1.29 is 46.2 Å². The second kappa shape index (κ2) is 19.9. The van der Waals surface area contributed by atoms with E-state index in [1.165, 1.54) is 62.4 Å². The summed E-state index contributed by atoms with van der Waals surface area (Å²) in [5, 5.41) is 4.89. The lowest BCUT2D eigenvalue weighted by atomic mass is 9.90. The van der Waals surface area contributed by atoms with Crippen molar-refractivity contribution in [3.05, 3.63) is 164 Å². The number of carbonyl (C=O) groups is 4. The number of amides is 4. The molecule has 4 amide bonds. The Labute approximate surface area is 370 Å². The highest BCUT2D eigenvalue weighted by atomic mass is 19.1. The zero-order valence-corrected chi connectivity index (χ0v) is 36.1. The Bertz CT molecular complexity index is 2790. The van der Waals surface area contributed by atoms with Crippen molar-refractivity contribution in [1.29, 1.82) is 0 Å². The van der Waals surface area contributed by atoms with Crippen LogP contribution in [0.2, 0.25) is 0 Å². The summed E-state index contributed by atoms with van der Waals surface area (Å²) in [5.74, 6) is -6.02. The number of ether oxygens (including phenoxy) is 2. The molecule has 6 rings (SSSR count). The van der Waals surface area contributed by atoms with E-state index in [0.717, 1.165) is 24.3 Å². The standard InChI is InChI=1S/C47H46F4N6O8/c1-47(16-14-36(65-5)15-17-47)55(3)46(63)40(23-29-20-32(50)25-33(51)21-29)53-42(59)27-57-44(61)38-9-7-6-8-37(38)43(60)56(57)26-41(58)52-39(22-28-18-30(48)24-31(49)19-28)45(62)54(2)34-10-12-35(64-4)13-11-34/h6-16,18-21,24-25,39-40H,17,22-23,26-27H2,1-5H3,(H,52,58)(H,53,59)/t39-,40-,47?/m0/s1. The minimum absolute atomic E-state index is 0.0150. The molecule has 1 aromatic heterocycles. The molecule has 2 N–H and O–H groups in total. The first-order chi connectivity index (χ1) is 30.9. The highest BCUT2D eigenvalue weighted by Gasteiger charge is 2.36. The van der Waals surface area contributed by atoms with E-state index in [1.807, 2.05) is 0 Å². The molecule has 65 heavy (non-hydrogen) atoms. The molecule has 1 unspecified atom stereocenters. The van der Waals surface area contributed by atoms with Gasteiger partial charge in [0.15, 0.2) is 0 Å². The first-order valence-corrected chi connectivity index (χ1v) is 20.2. The van der Waals surface area contributed by atoms with Crippen molar-refractivity contribution in [2.24, 2.45) is 0 Å². The average molecular weight is 899 g/mol. The quantitative estimate of drug-likeness (QED) is 0.137. The van der Waals surface area contributed by atoms with Crippen molar-refractivity contribution in [3.63, 3.8) is 0 Å². The summed E-state index contributed by atoms with van der Waals surface area (Å²) in [6, 6.07) is 14.4. The molecule has 1 heterocycles.